The van der Waals surface area contributed by atoms with E-state index >= 15 is 0 Å². The maximum Gasteiger partial charge on any atom is 0.149 e. The van der Waals surface area contributed by atoms with E-state index in [2.05, 4.69) is 20.2 Å². The molecule has 1 unspecified atom stereocenters. The quantitative estimate of drug-likeness (QED) is 0.756. The summed E-state index contributed by atoms with van der Waals surface area (Å²) in [4.78, 5) is 10.6. The van der Waals surface area contributed by atoms with Crippen LogP contribution in [0.25, 0.3) is 0 Å². The monoisotopic (exact) mass is 208 g/mol. The number of nitrogens with one attached hydrogen (secondary N) is 1. The van der Waals surface area contributed by atoms with Gasteiger partial charge in [0, 0.05) is 19.6 Å². The van der Waals surface area contributed by atoms with E-state index in [1.54, 1.807) is 12.4 Å². The zero-order valence-corrected chi connectivity index (χ0v) is 8.85. The summed E-state index contributed by atoms with van der Waals surface area (Å²) >= 11 is 0. The van der Waals surface area contributed by atoms with Gasteiger partial charge in [0.05, 0.1) is 18.5 Å². The molecule has 2 heterocycles. The normalized spacial score (nSPS) is 20.7. The third-order valence-electron chi connectivity index (χ3n) is 2.47. The lowest BCUT2D eigenvalue weighted by atomic mass is 10.3. The molecule has 1 aromatic rings. The highest BCUT2D eigenvalue weighted by Crippen LogP contribution is 2.18. The molecule has 1 atom stereocenters. The molecule has 15 heavy (non-hydrogen) atoms. The minimum absolute atomic E-state index is 0.227. The molecular formula is C10H16N4O. The Kier molecular flexibility index (Phi) is 3.01. The standard InChI is InChI=1S/C10H16N4O/c1-2-12-9-5-11-6-10(13-9)14-4-3-8(15)7-14/h5-6,8,15H,2-4,7H2,1H3,(H,12,13). The minimum Gasteiger partial charge on any atom is -0.391 e. The van der Waals surface area contributed by atoms with Gasteiger partial charge in [-0.15, -0.1) is 0 Å². The molecule has 2 rings (SSSR count). The van der Waals surface area contributed by atoms with Crippen LogP contribution in [0, 0.1) is 0 Å². The van der Waals surface area contributed by atoms with E-state index in [1.165, 1.54) is 0 Å². The first kappa shape index (κ1) is 10.2. The third-order valence-corrected chi connectivity index (χ3v) is 2.47. The van der Waals surface area contributed by atoms with Crippen molar-refractivity contribution in [1.82, 2.24) is 9.97 Å². The van der Waals surface area contributed by atoms with Gasteiger partial charge in [0.2, 0.25) is 0 Å². The van der Waals surface area contributed by atoms with Crippen LogP contribution in [0.5, 0.6) is 0 Å². The van der Waals surface area contributed by atoms with Crippen molar-refractivity contribution in [2.75, 3.05) is 29.9 Å². The molecule has 5 nitrogen and oxygen atoms in total. The first-order valence-electron chi connectivity index (χ1n) is 5.28. The Morgan fingerprint density at radius 1 is 1.60 bits per heavy atom. The summed E-state index contributed by atoms with van der Waals surface area (Å²) in [5.74, 6) is 1.63. The topological polar surface area (TPSA) is 61.3 Å². The second kappa shape index (κ2) is 4.44. The fourth-order valence-electron chi connectivity index (χ4n) is 1.72. The van der Waals surface area contributed by atoms with Gasteiger partial charge in [0.15, 0.2) is 0 Å². The van der Waals surface area contributed by atoms with Crippen molar-refractivity contribution in [2.45, 2.75) is 19.4 Å². The number of nitrogens with zero attached hydrogens (tertiary/aromatic N) is 3. The SMILES string of the molecule is CCNc1cncc(N2CCC(O)C2)n1. The molecule has 1 aromatic heterocycles. The maximum absolute atomic E-state index is 9.43. The fraction of sp³-hybridized carbons (Fsp3) is 0.600. The Bertz CT molecular complexity index is 331. The minimum atomic E-state index is -0.227. The number of β-amino-alcohol motifs (C(OH)–C–C–N with tert-alkyl or cyclic N) is 1. The van der Waals surface area contributed by atoms with Crippen LogP contribution in [0.15, 0.2) is 12.4 Å². The van der Waals surface area contributed by atoms with Crippen molar-refractivity contribution in [2.24, 2.45) is 0 Å². The number of hydrogen-bond donors (Lipinski definition) is 2. The Hall–Kier alpha value is -1.36. The van der Waals surface area contributed by atoms with Gasteiger partial charge in [0.1, 0.15) is 11.6 Å². The average molecular weight is 208 g/mol. The van der Waals surface area contributed by atoms with Crippen LogP contribution in [0.2, 0.25) is 0 Å². The third kappa shape index (κ3) is 2.36. The molecule has 1 aliphatic rings. The smallest absolute Gasteiger partial charge is 0.149 e. The Morgan fingerprint density at radius 2 is 2.47 bits per heavy atom. The van der Waals surface area contributed by atoms with Crippen molar-refractivity contribution < 1.29 is 5.11 Å². The average Bonchev–Trinajstić information content (AvgIpc) is 2.66. The number of aromatic nitrogens is 2. The predicted molar refractivity (Wildman–Crippen MR) is 59.0 cm³/mol. The predicted octanol–water partition coefficient (Wildman–Crippen LogP) is 0.479. The van der Waals surface area contributed by atoms with E-state index in [4.69, 9.17) is 0 Å². The number of anilines is 2. The van der Waals surface area contributed by atoms with E-state index in [0.29, 0.717) is 6.54 Å². The van der Waals surface area contributed by atoms with Crippen LogP contribution in [0.1, 0.15) is 13.3 Å². The molecule has 5 heteroatoms. The number of aliphatic hydroxyl groups excluding tert-OH is 1. The van der Waals surface area contributed by atoms with E-state index in [1.807, 2.05) is 6.92 Å². The maximum atomic E-state index is 9.43. The summed E-state index contributed by atoms with van der Waals surface area (Å²) in [6.07, 6.45) is 4.03. The molecular weight excluding hydrogens is 192 g/mol. The highest BCUT2D eigenvalue weighted by atomic mass is 16.3. The zero-order chi connectivity index (χ0) is 10.7. The summed E-state index contributed by atoms with van der Waals surface area (Å²) in [5, 5.41) is 12.5. The molecule has 0 aromatic carbocycles. The highest BCUT2D eigenvalue weighted by Gasteiger charge is 2.21. The lowest BCUT2D eigenvalue weighted by Gasteiger charge is -2.16. The van der Waals surface area contributed by atoms with Crippen molar-refractivity contribution in [3.8, 4) is 0 Å². The van der Waals surface area contributed by atoms with Gasteiger partial charge in [-0.2, -0.15) is 0 Å². The van der Waals surface area contributed by atoms with Gasteiger partial charge in [-0.25, -0.2) is 4.98 Å². The van der Waals surface area contributed by atoms with Crippen molar-refractivity contribution >= 4 is 11.6 Å². The van der Waals surface area contributed by atoms with Crippen LogP contribution in [-0.4, -0.2) is 40.8 Å². The molecule has 0 saturated carbocycles. The van der Waals surface area contributed by atoms with E-state index in [-0.39, 0.29) is 6.10 Å². The molecule has 0 bridgehead atoms. The lowest BCUT2D eigenvalue weighted by Crippen LogP contribution is -2.22. The molecule has 0 spiro atoms. The second-order valence-corrected chi connectivity index (χ2v) is 3.68. The molecule has 82 valence electrons. The Morgan fingerprint density at radius 3 is 3.13 bits per heavy atom. The Balaban J connectivity index is 2.10. The van der Waals surface area contributed by atoms with Gasteiger partial charge in [-0.05, 0) is 13.3 Å². The van der Waals surface area contributed by atoms with Gasteiger partial charge in [0.25, 0.3) is 0 Å². The molecule has 0 amide bonds. The molecule has 2 N–H and O–H groups in total. The van der Waals surface area contributed by atoms with Crippen molar-refractivity contribution in [3.05, 3.63) is 12.4 Å². The lowest BCUT2D eigenvalue weighted by molar-refractivity contribution is 0.198. The number of rotatable bonds is 3. The van der Waals surface area contributed by atoms with Gasteiger partial charge >= 0.3 is 0 Å². The molecule has 1 fully saturated rings. The van der Waals surface area contributed by atoms with Crippen LogP contribution >= 0.6 is 0 Å². The molecule has 1 aliphatic heterocycles. The summed E-state index contributed by atoms with van der Waals surface area (Å²) in [6, 6.07) is 0. The van der Waals surface area contributed by atoms with Gasteiger partial charge in [-0.1, -0.05) is 0 Å². The largest absolute Gasteiger partial charge is 0.391 e. The van der Waals surface area contributed by atoms with Crippen LogP contribution in [0.3, 0.4) is 0 Å². The van der Waals surface area contributed by atoms with E-state index in [0.717, 1.165) is 31.1 Å². The van der Waals surface area contributed by atoms with E-state index < -0.39 is 0 Å². The fourth-order valence-corrected chi connectivity index (χ4v) is 1.72. The van der Waals surface area contributed by atoms with E-state index in [9.17, 15) is 5.11 Å². The number of aliphatic hydroxyl groups is 1. The first-order valence-corrected chi connectivity index (χ1v) is 5.28. The van der Waals surface area contributed by atoms with Gasteiger partial charge in [-0.3, -0.25) is 4.98 Å². The highest BCUT2D eigenvalue weighted by molar-refractivity contribution is 5.44. The summed E-state index contributed by atoms with van der Waals surface area (Å²) < 4.78 is 0. The summed E-state index contributed by atoms with van der Waals surface area (Å²) in [6.45, 7) is 4.37. The van der Waals surface area contributed by atoms with Crippen molar-refractivity contribution in [1.29, 1.82) is 0 Å². The van der Waals surface area contributed by atoms with Crippen LogP contribution in [-0.2, 0) is 0 Å². The Labute approximate surface area is 89.2 Å². The second-order valence-electron chi connectivity index (χ2n) is 3.68. The first-order chi connectivity index (χ1) is 7.29. The summed E-state index contributed by atoms with van der Waals surface area (Å²) in [7, 11) is 0. The van der Waals surface area contributed by atoms with Gasteiger partial charge < -0.3 is 15.3 Å². The van der Waals surface area contributed by atoms with Crippen LogP contribution < -0.4 is 10.2 Å². The van der Waals surface area contributed by atoms with Crippen molar-refractivity contribution in [3.63, 3.8) is 0 Å². The van der Waals surface area contributed by atoms with Crippen LogP contribution in [0.4, 0.5) is 11.6 Å². The molecule has 0 aliphatic carbocycles. The zero-order valence-electron chi connectivity index (χ0n) is 8.85. The molecule has 0 radical (unpaired) electrons. The molecule has 1 saturated heterocycles. The number of hydrogen-bond acceptors (Lipinski definition) is 5. The summed E-state index contributed by atoms with van der Waals surface area (Å²) in [5.41, 5.74) is 0.